The normalized spacial score (nSPS) is 19.6. The van der Waals surface area contributed by atoms with Crippen molar-refractivity contribution in [2.45, 2.75) is 65.7 Å². The number of aliphatic hydroxyl groups excluding tert-OH is 1. The van der Waals surface area contributed by atoms with Crippen molar-refractivity contribution in [1.82, 2.24) is 14.7 Å². The lowest BCUT2D eigenvalue weighted by molar-refractivity contribution is -0.119. The molecule has 0 aromatic rings. The molecule has 11 heteroatoms. The molecule has 0 saturated carbocycles. The summed E-state index contributed by atoms with van der Waals surface area (Å²) in [5, 5.41) is 10.6. The number of hydrogen-bond acceptors (Lipinski definition) is 7. The number of thioether (sulfide) groups is 1. The Labute approximate surface area is 261 Å². The van der Waals surface area contributed by atoms with Gasteiger partial charge < -0.3 is 25.4 Å². The number of carbonyl (C=O) groups is 1. The van der Waals surface area contributed by atoms with Crippen LogP contribution in [-0.4, -0.2) is 98.0 Å². The molecular formula is C32H53F3N4O3S. The van der Waals surface area contributed by atoms with E-state index in [1.165, 1.54) is 17.8 Å². The number of carbonyl (C=O) groups excluding carboxylic acids is 1. The van der Waals surface area contributed by atoms with Crippen LogP contribution in [0.15, 0.2) is 70.3 Å². The molecule has 1 unspecified atom stereocenters. The topological polar surface area (TPSA) is 82.3 Å². The fraction of sp³-hybridized carbons (Fsp3) is 0.594. The number of allylic oxidation sites excluding steroid dienone is 9. The highest BCUT2D eigenvalue weighted by Crippen LogP contribution is 2.31. The second kappa shape index (κ2) is 24.1. The standard InChI is InChI=1S/C27H41F3N4OS.C5H12O2/c1-5-7-8-15-25-23(3)34(17-11-14-24(27(28,29)30)13-9-10-21-36-25)18-12-16-32(4)19-20-33(6-2)22-26(31)35;1-3-5(6)4-7-2/h5,7-8,10-11,13,15,17,21H,6,9,12,14,16,18-20,22H2,1-4H3,(H2,31,35);5-6H,3-4H2,1-2H3/b7-5-,15-8-,17-11+,21-10?,24-13+,25-23-;. The lowest BCUT2D eigenvalue weighted by Gasteiger charge is -2.26. The number of ether oxygens (including phenoxy) is 1. The van der Waals surface area contributed by atoms with Crippen LogP contribution in [0.1, 0.15) is 53.4 Å². The Morgan fingerprint density at radius 1 is 1.23 bits per heavy atom. The second-order valence-electron chi connectivity index (χ2n) is 10.1. The van der Waals surface area contributed by atoms with Gasteiger partial charge in [-0.25, -0.2) is 0 Å². The fourth-order valence-electron chi connectivity index (χ4n) is 3.82. The maximum absolute atomic E-state index is 13.4. The highest BCUT2D eigenvalue weighted by atomic mass is 32.2. The average molecular weight is 631 g/mol. The molecule has 0 saturated heterocycles. The molecular weight excluding hydrogens is 577 g/mol. The number of alkyl halides is 3. The van der Waals surface area contributed by atoms with E-state index in [9.17, 15) is 18.0 Å². The molecule has 1 heterocycles. The van der Waals surface area contributed by atoms with Gasteiger partial charge in [0.05, 0.1) is 19.3 Å². The predicted octanol–water partition coefficient (Wildman–Crippen LogP) is 6.23. The van der Waals surface area contributed by atoms with Gasteiger partial charge in [0.15, 0.2) is 0 Å². The SMILES string of the molecule is CCC(O)COC.C\C=C/C=C\C1=C(/C)N(CCCN(C)CCN(CC)CC(N)=O)/C=C/C/C(C(F)(F)F)=C\CC=CS1. The van der Waals surface area contributed by atoms with Gasteiger partial charge in [-0.1, -0.05) is 62.1 Å². The van der Waals surface area contributed by atoms with E-state index in [2.05, 4.69) is 9.64 Å². The van der Waals surface area contributed by atoms with Gasteiger partial charge in [-0.3, -0.25) is 9.69 Å². The highest BCUT2D eigenvalue weighted by molar-refractivity contribution is 8.06. The summed E-state index contributed by atoms with van der Waals surface area (Å²) in [5.41, 5.74) is 5.76. The Kier molecular flexibility index (Phi) is 22.8. The van der Waals surface area contributed by atoms with E-state index >= 15 is 0 Å². The van der Waals surface area contributed by atoms with Gasteiger partial charge in [-0.05, 0) is 71.2 Å². The molecule has 7 nitrogen and oxygen atoms in total. The highest BCUT2D eigenvalue weighted by Gasteiger charge is 2.32. The van der Waals surface area contributed by atoms with E-state index in [0.29, 0.717) is 13.2 Å². The number of amides is 1. The molecule has 0 spiro atoms. The lowest BCUT2D eigenvalue weighted by atomic mass is 10.1. The molecule has 0 aromatic carbocycles. The number of methoxy groups -OCH3 is 1. The zero-order chi connectivity index (χ0) is 32.7. The van der Waals surface area contributed by atoms with Crippen molar-refractivity contribution in [2.75, 3.05) is 60.0 Å². The van der Waals surface area contributed by atoms with Crippen molar-refractivity contribution in [2.24, 2.45) is 5.73 Å². The second-order valence-corrected chi connectivity index (χ2v) is 11.0. The van der Waals surface area contributed by atoms with Gasteiger partial charge in [-0.15, -0.1) is 0 Å². The van der Waals surface area contributed by atoms with E-state index in [4.69, 9.17) is 10.8 Å². The summed E-state index contributed by atoms with van der Waals surface area (Å²) in [4.78, 5) is 18.5. The average Bonchev–Trinajstić information content (AvgIpc) is 2.95. The molecule has 0 aromatic heterocycles. The smallest absolute Gasteiger partial charge is 0.391 e. The molecule has 0 radical (unpaired) electrons. The van der Waals surface area contributed by atoms with Crippen LogP contribution < -0.4 is 5.73 Å². The maximum atomic E-state index is 13.4. The first kappa shape index (κ1) is 40.7. The molecule has 1 rings (SSSR count). The number of nitrogens with zero attached hydrogens (tertiary/aromatic N) is 3. The van der Waals surface area contributed by atoms with E-state index in [0.717, 1.165) is 49.6 Å². The van der Waals surface area contributed by atoms with E-state index < -0.39 is 11.7 Å². The van der Waals surface area contributed by atoms with Crippen molar-refractivity contribution in [1.29, 1.82) is 0 Å². The Bertz CT molecular complexity index is 962. The Morgan fingerprint density at radius 3 is 2.51 bits per heavy atom. The zero-order valence-electron chi connectivity index (χ0n) is 26.8. The van der Waals surface area contributed by atoms with Gasteiger partial charge in [0.2, 0.25) is 5.91 Å². The number of halogens is 3. The van der Waals surface area contributed by atoms with Gasteiger partial charge in [-0.2, -0.15) is 13.2 Å². The monoisotopic (exact) mass is 630 g/mol. The first-order valence-corrected chi connectivity index (χ1v) is 15.6. The molecule has 1 aliphatic rings. The minimum absolute atomic E-state index is 0.162. The molecule has 246 valence electrons. The number of likely N-dealkylation sites (N-methyl/N-ethyl adjacent to an activating group) is 2. The van der Waals surface area contributed by atoms with Crippen molar-refractivity contribution >= 4 is 17.7 Å². The fourth-order valence-corrected chi connectivity index (χ4v) is 4.62. The summed E-state index contributed by atoms with van der Waals surface area (Å²) in [6.07, 6.45) is 11.3. The van der Waals surface area contributed by atoms with Crippen molar-refractivity contribution in [3.63, 3.8) is 0 Å². The number of nitrogens with two attached hydrogens (primary N) is 1. The minimum Gasteiger partial charge on any atom is -0.391 e. The predicted molar refractivity (Wildman–Crippen MR) is 174 cm³/mol. The van der Waals surface area contributed by atoms with Crippen LogP contribution in [0.25, 0.3) is 0 Å². The minimum atomic E-state index is -4.34. The molecule has 0 bridgehead atoms. The van der Waals surface area contributed by atoms with Crippen LogP contribution >= 0.6 is 11.8 Å². The van der Waals surface area contributed by atoms with Crippen LogP contribution in [0.3, 0.4) is 0 Å². The number of aliphatic hydroxyl groups is 1. The molecule has 3 N–H and O–H groups in total. The van der Waals surface area contributed by atoms with Crippen LogP contribution in [0.4, 0.5) is 13.2 Å². The zero-order valence-corrected chi connectivity index (χ0v) is 27.6. The molecule has 1 amide bonds. The largest absolute Gasteiger partial charge is 0.412 e. The van der Waals surface area contributed by atoms with Gasteiger partial charge >= 0.3 is 6.18 Å². The van der Waals surface area contributed by atoms with Gasteiger partial charge in [0.25, 0.3) is 0 Å². The Hall–Kier alpha value is -2.31. The van der Waals surface area contributed by atoms with Crippen molar-refractivity contribution in [3.8, 4) is 0 Å². The first-order valence-electron chi connectivity index (χ1n) is 14.8. The number of primary amides is 1. The van der Waals surface area contributed by atoms with Crippen molar-refractivity contribution in [3.05, 3.63) is 70.3 Å². The first-order chi connectivity index (χ1) is 20.4. The Balaban J connectivity index is 0.00000223. The third kappa shape index (κ3) is 20.3. The third-order valence-corrected chi connectivity index (χ3v) is 7.53. The summed E-state index contributed by atoms with van der Waals surface area (Å²) >= 11 is 1.50. The van der Waals surface area contributed by atoms with E-state index in [1.807, 2.05) is 74.3 Å². The van der Waals surface area contributed by atoms with E-state index in [-0.39, 0.29) is 31.4 Å². The summed E-state index contributed by atoms with van der Waals surface area (Å²) < 4.78 is 44.8. The lowest BCUT2D eigenvalue weighted by Crippen LogP contribution is -2.39. The van der Waals surface area contributed by atoms with E-state index in [1.54, 1.807) is 25.5 Å². The summed E-state index contributed by atoms with van der Waals surface area (Å²) in [5.74, 6) is -0.334. The molecule has 1 atom stereocenters. The van der Waals surface area contributed by atoms with Crippen LogP contribution in [0, 0.1) is 0 Å². The third-order valence-electron chi connectivity index (χ3n) is 6.51. The van der Waals surface area contributed by atoms with Crippen LogP contribution in [0.2, 0.25) is 0 Å². The van der Waals surface area contributed by atoms with Crippen LogP contribution in [0.5, 0.6) is 0 Å². The number of hydrogen-bond donors (Lipinski definition) is 2. The van der Waals surface area contributed by atoms with Gasteiger partial charge in [0.1, 0.15) is 0 Å². The molecule has 0 aliphatic carbocycles. The van der Waals surface area contributed by atoms with Crippen molar-refractivity contribution < 1.29 is 27.8 Å². The molecule has 43 heavy (non-hydrogen) atoms. The quantitative estimate of drug-likeness (QED) is 0.164. The van der Waals surface area contributed by atoms with Crippen LogP contribution in [-0.2, 0) is 9.53 Å². The van der Waals surface area contributed by atoms with Gasteiger partial charge in [0, 0.05) is 49.1 Å². The Morgan fingerprint density at radius 2 is 1.95 bits per heavy atom. The molecule has 1 aliphatic heterocycles. The summed E-state index contributed by atoms with van der Waals surface area (Å²) in [6, 6.07) is 0. The molecule has 0 fully saturated rings. The summed E-state index contributed by atoms with van der Waals surface area (Å²) in [7, 11) is 3.61. The number of rotatable bonds is 15. The summed E-state index contributed by atoms with van der Waals surface area (Å²) in [6.45, 7) is 12.3. The maximum Gasteiger partial charge on any atom is 0.412 e.